The largest absolute Gasteiger partial charge is 0.465 e. The van der Waals surface area contributed by atoms with Crippen molar-refractivity contribution < 1.29 is 33.4 Å². The molecule has 53 heavy (non-hydrogen) atoms. The molecule has 2 heterocycles. The Hall–Kier alpha value is -4.84. The summed E-state index contributed by atoms with van der Waals surface area (Å²) in [4.78, 5) is 75.3. The maximum absolute atomic E-state index is 13.6. The molecule has 2 atom stereocenters. The van der Waals surface area contributed by atoms with Crippen molar-refractivity contribution in [1.82, 2.24) is 30.2 Å². The van der Waals surface area contributed by atoms with E-state index in [0.29, 0.717) is 35.1 Å². The van der Waals surface area contributed by atoms with E-state index in [-0.39, 0.29) is 31.3 Å². The summed E-state index contributed by atoms with van der Waals surface area (Å²) in [5.74, 6) is -0.652. The van der Waals surface area contributed by atoms with E-state index in [2.05, 4.69) is 43.1 Å². The number of nitrogen functional groups attached to an aromatic ring is 1. The van der Waals surface area contributed by atoms with Gasteiger partial charge in [-0.1, -0.05) is 25.5 Å². The number of benzene rings is 1. The molecule has 0 aliphatic heterocycles. The van der Waals surface area contributed by atoms with Gasteiger partial charge in [0.15, 0.2) is 11.5 Å². The van der Waals surface area contributed by atoms with Crippen molar-refractivity contribution >= 4 is 64.3 Å². The van der Waals surface area contributed by atoms with E-state index < -0.39 is 52.9 Å². The van der Waals surface area contributed by atoms with Gasteiger partial charge in [-0.25, -0.2) is 9.59 Å². The molecule has 0 aliphatic carbocycles. The molecule has 0 saturated carbocycles. The fraction of sp³-hybridized carbons (Fsp3) is 0.571. The highest BCUT2D eigenvalue weighted by atomic mass is 32.2. The van der Waals surface area contributed by atoms with Gasteiger partial charge in [0, 0.05) is 30.7 Å². The molecule has 0 spiro atoms. The van der Waals surface area contributed by atoms with Crippen molar-refractivity contribution in [3.63, 3.8) is 0 Å². The molecule has 2 aromatic heterocycles. The van der Waals surface area contributed by atoms with Crippen LogP contribution in [0.15, 0.2) is 29.1 Å². The number of hydrogen-bond donors (Lipinski definition) is 6. The summed E-state index contributed by atoms with van der Waals surface area (Å²) in [6.45, 7) is 14.7. The van der Waals surface area contributed by atoms with Gasteiger partial charge in [0.25, 0.3) is 0 Å². The number of carbonyl (C=O) groups is 4. The molecule has 0 aliphatic rings. The van der Waals surface area contributed by atoms with Gasteiger partial charge in [0.2, 0.25) is 17.8 Å². The molecule has 3 amide bonds. The molecule has 0 unspecified atom stereocenters. The number of nitrogens with zero attached hydrogens (tertiary/aromatic N) is 3. The molecule has 0 bridgehead atoms. The number of anilines is 3. The highest BCUT2D eigenvalue weighted by Gasteiger charge is 2.30. The van der Waals surface area contributed by atoms with Gasteiger partial charge in [-0.05, 0) is 65.7 Å². The van der Waals surface area contributed by atoms with Crippen molar-refractivity contribution in [2.24, 2.45) is 0 Å². The number of H-pyrrole nitrogens is 1. The third-order valence-electron chi connectivity index (χ3n) is 7.17. The third-order valence-corrected chi connectivity index (χ3v) is 8.19. The molecule has 7 N–H and O–H groups in total. The minimum absolute atomic E-state index is 0.108. The normalized spacial score (nSPS) is 12.8. The van der Waals surface area contributed by atoms with Gasteiger partial charge in [-0.2, -0.15) is 21.7 Å². The molecular formula is C35H53N9O8S. The van der Waals surface area contributed by atoms with Crippen molar-refractivity contribution in [2.75, 3.05) is 47.6 Å². The van der Waals surface area contributed by atoms with E-state index >= 15 is 0 Å². The number of fused-ring (bicyclic) bond motifs is 1. The number of amides is 3. The monoisotopic (exact) mass is 759 g/mol. The maximum atomic E-state index is 13.6. The van der Waals surface area contributed by atoms with Crippen LogP contribution >= 0.6 is 11.8 Å². The summed E-state index contributed by atoms with van der Waals surface area (Å²) in [6.07, 6.45) is 1.11. The average Bonchev–Trinajstić information content (AvgIpc) is 3.36. The van der Waals surface area contributed by atoms with Crippen LogP contribution in [0.2, 0.25) is 0 Å². The zero-order chi connectivity index (χ0) is 39.3. The number of carbonyl (C=O) groups excluding carboxylic acids is 4. The third kappa shape index (κ3) is 14.6. The fourth-order valence-corrected chi connectivity index (χ4v) is 5.46. The summed E-state index contributed by atoms with van der Waals surface area (Å²) < 4.78 is 17.6. The minimum Gasteiger partial charge on any atom is -0.465 e. The predicted molar refractivity (Wildman–Crippen MR) is 205 cm³/mol. The topological polar surface area (TPSA) is 234 Å². The molecule has 3 aromatic rings. The van der Waals surface area contributed by atoms with E-state index in [1.165, 1.54) is 23.3 Å². The lowest BCUT2D eigenvalue weighted by Gasteiger charge is -2.27. The smallest absolute Gasteiger partial charge is 0.408 e. The molecule has 3 rings (SSSR count). The number of imidazole rings is 1. The van der Waals surface area contributed by atoms with E-state index in [1.807, 2.05) is 20.8 Å². The van der Waals surface area contributed by atoms with Crippen molar-refractivity contribution in [3.05, 3.63) is 40.3 Å². The molecule has 0 fully saturated rings. The number of hydrogen-bond acceptors (Lipinski definition) is 13. The minimum atomic E-state index is -1.15. The maximum Gasteiger partial charge on any atom is 0.408 e. The number of esters is 1. The second-order valence-electron chi connectivity index (χ2n) is 14.2. The number of rotatable bonds is 18. The van der Waals surface area contributed by atoms with Crippen LogP contribution in [-0.2, 0) is 35.1 Å². The summed E-state index contributed by atoms with van der Waals surface area (Å²) in [7, 11) is 0. The molecule has 17 nitrogen and oxygen atoms in total. The van der Waals surface area contributed by atoms with Crippen molar-refractivity contribution in [3.8, 4) is 0 Å². The first kappa shape index (κ1) is 42.6. The van der Waals surface area contributed by atoms with Gasteiger partial charge < -0.3 is 46.2 Å². The van der Waals surface area contributed by atoms with Gasteiger partial charge in [0.05, 0.1) is 18.8 Å². The highest BCUT2D eigenvalue weighted by molar-refractivity contribution is 7.99. The first-order valence-electron chi connectivity index (χ1n) is 17.4. The first-order valence-corrected chi connectivity index (χ1v) is 18.5. The number of aromatic amines is 1. The van der Waals surface area contributed by atoms with E-state index in [4.69, 9.17) is 19.9 Å². The molecule has 1 aromatic carbocycles. The van der Waals surface area contributed by atoms with Crippen LogP contribution in [0.25, 0.3) is 11.2 Å². The molecule has 0 saturated heterocycles. The zero-order valence-corrected chi connectivity index (χ0v) is 32.5. The highest BCUT2D eigenvalue weighted by Crippen LogP contribution is 2.19. The molecular weight excluding hydrogens is 707 g/mol. The van der Waals surface area contributed by atoms with Gasteiger partial charge in [-0.15, -0.1) is 0 Å². The Morgan fingerprint density at radius 2 is 1.68 bits per heavy atom. The quantitative estimate of drug-likeness (QED) is 0.0808. The van der Waals surface area contributed by atoms with E-state index in [0.717, 1.165) is 18.4 Å². The zero-order valence-electron chi connectivity index (χ0n) is 31.7. The van der Waals surface area contributed by atoms with Gasteiger partial charge >= 0.3 is 17.8 Å². The van der Waals surface area contributed by atoms with Gasteiger partial charge in [-0.3, -0.25) is 19.0 Å². The Bertz CT molecular complexity index is 1760. The fourth-order valence-electron chi connectivity index (χ4n) is 4.63. The Labute approximate surface area is 313 Å². The number of alkyl carbamates (subject to hydrolysis) is 1. The summed E-state index contributed by atoms with van der Waals surface area (Å²) in [6, 6.07) is 4.60. The molecule has 292 valence electrons. The van der Waals surface area contributed by atoms with Crippen molar-refractivity contribution in [2.45, 2.75) is 98.1 Å². The van der Waals surface area contributed by atoms with Crippen LogP contribution in [0.1, 0.15) is 73.8 Å². The molecule has 0 radical (unpaired) electrons. The standard InChI is InChI=1S/C35H53N9O8S/c1-9-10-15-37-31-42-27(36)26-28(43-31)44(32(48)41-26)18-22-11-13-23(14-12-22)38-29(46)24(19-51-34(3,4)5)39-30(47)25(20-53-17-16-50-21(2)45)40-33(49)52-35(6,7)8/h11-14,24-25H,9-10,15-20H2,1-8H3,(H,38,46)(H,39,47)(H,40,49)(H,41,48)(H3,36,37,42,43)/t24-,25-/m0/s1. The summed E-state index contributed by atoms with van der Waals surface area (Å²) in [5, 5.41) is 11.2. The van der Waals surface area contributed by atoms with E-state index in [1.54, 1.807) is 45.0 Å². The SMILES string of the molecule is CCCCNc1nc(N)c2[nH]c(=O)n(Cc3ccc(NC(=O)[C@H](COC(C)(C)C)NC(=O)[C@H](CSCCOC(C)=O)NC(=O)OC(C)(C)C)cc3)c2n1. The average molecular weight is 760 g/mol. The van der Waals surface area contributed by atoms with Crippen LogP contribution < -0.4 is 32.7 Å². The number of nitrogens with one attached hydrogen (secondary N) is 5. The Morgan fingerprint density at radius 1 is 0.981 bits per heavy atom. The summed E-state index contributed by atoms with van der Waals surface area (Å²) in [5.41, 5.74) is 6.15. The lowest BCUT2D eigenvalue weighted by atomic mass is 10.1. The predicted octanol–water partition coefficient (Wildman–Crippen LogP) is 3.39. The lowest BCUT2D eigenvalue weighted by molar-refractivity contribution is -0.140. The second-order valence-corrected chi connectivity index (χ2v) is 15.4. The van der Waals surface area contributed by atoms with Crippen LogP contribution in [0.4, 0.5) is 22.2 Å². The number of ether oxygens (including phenoxy) is 3. The van der Waals surface area contributed by atoms with Crippen LogP contribution in [0.5, 0.6) is 0 Å². The Kier molecular flexibility index (Phi) is 15.5. The Balaban J connectivity index is 1.75. The van der Waals surface area contributed by atoms with E-state index in [9.17, 15) is 24.0 Å². The lowest BCUT2D eigenvalue weighted by Crippen LogP contribution is -2.55. The number of aromatic nitrogens is 4. The number of thioether (sulfide) groups is 1. The van der Waals surface area contributed by atoms with Gasteiger partial charge in [0.1, 0.15) is 29.8 Å². The molecule has 18 heteroatoms. The second kappa shape index (κ2) is 19.3. The first-order chi connectivity index (χ1) is 24.8. The van der Waals surface area contributed by atoms with Crippen molar-refractivity contribution in [1.29, 1.82) is 0 Å². The van der Waals surface area contributed by atoms with Crippen LogP contribution in [-0.4, -0.2) is 97.9 Å². The Morgan fingerprint density at radius 3 is 2.30 bits per heavy atom. The summed E-state index contributed by atoms with van der Waals surface area (Å²) >= 11 is 1.28. The number of unbranched alkanes of at least 4 members (excludes halogenated alkanes) is 1. The van der Waals surface area contributed by atoms with Crippen LogP contribution in [0.3, 0.4) is 0 Å². The number of nitrogens with two attached hydrogens (primary N) is 1. The van der Waals surface area contributed by atoms with Crippen LogP contribution in [0, 0.1) is 0 Å².